The van der Waals surface area contributed by atoms with E-state index < -0.39 is 8.32 Å². The molecule has 3 rings (SSSR count). The Labute approximate surface area is 206 Å². The predicted octanol–water partition coefficient (Wildman–Crippen LogP) is 0.802. The third-order valence-corrected chi connectivity index (χ3v) is 6.45. The maximum atomic E-state index is 6.13. The van der Waals surface area contributed by atoms with Gasteiger partial charge in [-0.1, -0.05) is 45.8 Å². The zero-order valence-electron chi connectivity index (χ0n) is 18.0. The average molecular weight is 530 g/mol. The Morgan fingerprint density at radius 1 is 1.14 bits per heavy atom. The molecule has 0 fully saturated rings. The van der Waals surface area contributed by atoms with Gasteiger partial charge in [-0.3, -0.25) is 6.08 Å². The predicted molar refractivity (Wildman–Crippen MR) is 115 cm³/mol. The van der Waals surface area contributed by atoms with Crippen LogP contribution in [0.15, 0.2) is 52.9 Å². The van der Waals surface area contributed by atoms with E-state index in [2.05, 4.69) is 89.1 Å². The molecule has 1 radical (unpaired) electrons. The molecule has 0 atom stereocenters. The Morgan fingerprint density at radius 3 is 2.25 bits per heavy atom. The van der Waals surface area contributed by atoms with Crippen molar-refractivity contribution in [1.29, 1.82) is 0 Å². The number of fused-ring (bicyclic) bond motifs is 1. The number of hydrogen-bond acceptors (Lipinski definition) is 1. The van der Waals surface area contributed by atoms with E-state index in [0.717, 1.165) is 12.8 Å². The van der Waals surface area contributed by atoms with Crippen molar-refractivity contribution < 1.29 is 55.4 Å². The Bertz CT molecular complexity index is 756. The Hall–Kier alpha value is 0.00688. The molecule has 0 heterocycles. The molecule has 0 saturated carbocycles. The van der Waals surface area contributed by atoms with Gasteiger partial charge < -0.3 is 29.2 Å². The molecule has 2 aromatic rings. The van der Waals surface area contributed by atoms with E-state index in [1.165, 1.54) is 32.9 Å². The number of halogens is 2. The molecule has 1 aliphatic carbocycles. The molecule has 0 saturated heterocycles. The summed E-state index contributed by atoms with van der Waals surface area (Å²) in [7, 11) is -1.82. The minimum atomic E-state index is -1.44. The van der Waals surface area contributed by atoms with Crippen LogP contribution in [0.4, 0.5) is 0 Å². The average Bonchev–Trinajstić information content (AvgIpc) is 3.07. The van der Waals surface area contributed by atoms with E-state index in [1.807, 2.05) is 0 Å². The first-order valence-corrected chi connectivity index (χ1v) is 15.1. The summed E-state index contributed by atoms with van der Waals surface area (Å²) in [5.74, 6) is 1.22. The summed E-state index contributed by atoms with van der Waals surface area (Å²) in [5.41, 5.74) is 2.80. The van der Waals surface area contributed by atoms with Crippen LogP contribution < -0.4 is 24.8 Å². The maximum Gasteiger partial charge on any atom is 4.00 e. The van der Waals surface area contributed by atoms with Crippen molar-refractivity contribution in [3.05, 3.63) is 64.6 Å². The summed E-state index contributed by atoms with van der Waals surface area (Å²) < 4.78 is 6.13. The maximum absolute atomic E-state index is 6.13. The van der Waals surface area contributed by atoms with Gasteiger partial charge in [-0.25, -0.2) is 5.20 Å². The molecular weight excluding hydrogens is 499 g/mol. The first-order chi connectivity index (χ1) is 11.7. The van der Waals surface area contributed by atoms with Crippen LogP contribution in [0.2, 0.25) is 32.7 Å². The summed E-state index contributed by atoms with van der Waals surface area (Å²) in [6.07, 6.45) is 5.53. The van der Waals surface area contributed by atoms with Gasteiger partial charge in [0, 0.05) is 8.80 Å². The van der Waals surface area contributed by atoms with Crippen LogP contribution in [0.5, 0.6) is 0 Å². The first-order valence-electron chi connectivity index (χ1n) is 9.16. The van der Waals surface area contributed by atoms with Gasteiger partial charge in [0.15, 0.2) is 0 Å². The van der Waals surface area contributed by atoms with Crippen LogP contribution >= 0.6 is 0 Å². The summed E-state index contributed by atoms with van der Waals surface area (Å²) >= 11 is 0. The molecular formula is C22H31Cl2OSi2Zr. The zero-order valence-corrected chi connectivity index (χ0v) is 24.0. The smallest absolute Gasteiger partial charge is 1.00 e. The van der Waals surface area contributed by atoms with Gasteiger partial charge in [0.2, 0.25) is 8.32 Å². The number of rotatable bonds is 4. The van der Waals surface area contributed by atoms with Crippen molar-refractivity contribution in [2.45, 2.75) is 59.4 Å². The second kappa shape index (κ2) is 13.3. The minimum Gasteiger partial charge on any atom is -1.00 e. The summed E-state index contributed by atoms with van der Waals surface area (Å²) in [6, 6.07) is 12.8. The number of allylic oxidation sites excluding steroid dienone is 3. The Balaban J connectivity index is 0. The fourth-order valence-corrected chi connectivity index (χ4v) is 5.44. The van der Waals surface area contributed by atoms with Crippen LogP contribution in [-0.2, 0) is 30.6 Å². The molecule has 28 heavy (non-hydrogen) atoms. The van der Waals surface area contributed by atoms with Crippen molar-refractivity contribution >= 4 is 27.9 Å². The molecule has 1 nitrogen and oxygen atoms in total. The molecule has 2 aromatic carbocycles. The topological polar surface area (TPSA) is 9.23 Å². The van der Waals surface area contributed by atoms with Gasteiger partial charge >= 0.3 is 26.2 Å². The van der Waals surface area contributed by atoms with Crippen molar-refractivity contribution in [2.24, 2.45) is 0 Å². The SMILES string of the molecule is CCC1=C(O[Si](C)(C)C)C[C-]=C1[Si](C)C.Cc1cc2ccccc2[cH-]1.[Cl-].[Cl-].[Zr+4]. The molecule has 6 heteroatoms. The van der Waals surface area contributed by atoms with E-state index in [4.69, 9.17) is 4.43 Å². The van der Waals surface area contributed by atoms with E-state index >= 15 is 0 Å². The second-order valence-corrected chi connectivity index (χ2v) is 14.8. The molecule has 0 N–H and O–H groups in total. The largest absolute Gasteiger partial charge is 4.00 e. The quantitative estimate of drug-likeness (QED) is 0.421. The van der Waals surface area contributed by atoms with Crippen LogP contribution in [0, 0.1) is 13.0 Å². The van der Waals surface area contributed by atoms with Crippen LogP contribution in [0.3, 0.4) is 0 Å². The fourth-order valence-electron chi connectivity index (χ4n) is 3.15. The normalized spacial score (nSPS) is 13.1. The Kier molecular flexibility index (Phi) is 14.4. The van der Waals surface area contributed by atoms with Crippen LogP contribution in [0.1, 0.15) is 25.3 Å². The standard InChI is InChI=1S/C12H22OSi2.C10H9.2ClH.Zr/c1-7-10-11(13-15(4,5)6)8-9-12(10)14(2)3;1-8-6-9-4-2-3-5-10(9)7-8;;;/h7-8H2,1-6H3;2-7H,1H3;2*1H;/q2*-1;;;+4/p-2. The van der Waals surface area contributed by atoms with Crippen molar-refractivity contribution in [2.75, 3.05) is 0 Å². The molecule has 1 aliphatic rings. The second-order valence-electron chi connectivity index (χ2n) is 7.86. The van der Waals surface area contributed by atoms with Crippen LogP contribution in [-0.4, -0.2) is 17.1 Å². The fraction of sp³-hybridized carbons (Fsp3) is 0.409. The van der Waals surface area contributed by atoms with E-state index in [0.29, 0.717) is 0 Å². The number of benzene rings is 1. The number of aryl methyl sites for hydroxylation is 1. The summed E-state index contributed by atoms with van der Waals surface area (Å²) in [5, 5.41) is 4.18. The molecule has 0 amide bonds. The van der Waals surface area contributed by atoms with E-state index in [-0.39, 0.29) is 59.8 Å². The minimum absolute atomic E-state index is 0. The van der Waals surface area contributed by atoms with Gasteiger partial charge in [0.05, 0.1) is 0 Å². The van der Waals surface area contributed by atoms with Crippen molar-refractivity contribution in [3.8, 4) is 0 Å². The first kappa shape index (κ1) is 30.2. The third kappa shape index (κ3) is 8.79. The van der Waals surface area contributed by atoms with Crippen molar-refractivity contribution in [1.82, 2.24) is 0 Å². The van der Waals surface area contributed by atoms with Crippen molar-refractivity contribution in [3.63, 3.8) is 0 Å². The summed E-state index contributed by atoms with van der Waals surface area (Å²) in [6.45, 7) is 15.8. The molecule has 0 spiro atoms. The monoisotopic (exact) mass is 527 g/mol. The summed E-state index contributed by atoms with van der Waals surface area (Å²) in [4.78, 5) is 0. The zero-order chi connectivity index (χ0) is 18.6. The van der Waals surface area contributed by atoms with Gasteiger partial charge in [0.1, 0.15) is 0 Å². The third-order valence-electron chi connectivity index (χ3n) is 4.11. The van der Waals surface area contributed by atoms with Gasteiger partial charge in [-0.2, -0.15) is 11.6 Å². The van der Waals surface area contributed by atoms with Crippen LogP contribution in [0.25, 0.3) is 10.8 Å². The molecule has 0 aromatic heterocycles. The van der Waals surface area contributed by atoms with E-state index in [1.54, 1.807) is 0 Å². The molecule has 0 aliphatic heterocycles. The van der Waals surface area contributed by atoms with E-state index in [9.17, 15) is 0 Å². The van der Waals surface area contributed by atoms with Gasteiger partial charge in [0.25, 0.3) is 0 Å². The number of hydrogen-bond donors (Lipinski definition) is 0. The molecule has 151 valence electrons. The molecule has 0 unspecified atom stereocenters. The van der Waals surface area contributed by atoms with Gasteiger partial charge in [-0.05, 0) is 25.4 Å². The Morgan fingerprint density at radius 2 is 1.75 bits per heavy atom. The molecule has 0 bridgehead atoms. The van der Waals surface area contributed by atoms with Gasteiger partial charge in [-0.15, -0.1) is 40.6 Å².